The fourth-order valence-corrected chi connectivity index (χ4v) is 1.61. The molecule has 4 N–H and O–H groups in total. The molecule has 0 radical (unpaired) electrons. The van der Waals surface area contributed by atoms with Crippen LogP contribution in [0.15, 0.2) is 42.5 Å². The molecule has 0 heterocycles. The van der Waals surface area contributed by atoms with E-state index < -0.39 is 11.9 Å². The average Bonchev–Trinajstić information content (AvgIpc) is 2.41. The molecular weight excluding hydrogens is 262 g/mol. The molecule has 0 aliphatic carbocycles. The molecule has 0 aliphatic heterocycles. The van der Waals surface area contributed by atoms with Crippen molar-refractivity contribution in [1.82, 2.24) is 0 Å². The molecule has 0 saturated heterocycles. The molecule has 2 aromatic carbocycles. The number of nitrogen functional groups attached to an aromatic ring is 1. The second-order valence-corrected chi connectivity index (χ2v) is 3.96. The van der Waals surface area contributed by atoms with Crippen LogP contribution in [-0.4, -0.2) is 22.2 Å². The number of ether oxygens (including phenoxy) is 1. The molecule has 0 unspecified atom stereocenters. The van der Waals surface area contributed by atoms with Crippen LogP contribution < -0.4 is 10.5 Å². The van der Waals surface area contributed by atoms with Crippen LogP contribution in [0, 0.1) is 0 Å². The summed E-state index contributed by atoms with van der Waals surface area (Å²) in [5.74, 6) is -2.16. The van der Waals surface area contributed by atoms with Crippen LogP contribution in [0.2, 0.25) is 0 Å². The first-order chi connectivity index (χ1) is 9.49. The molecule has 2 rings (SSSR count). The molecular formula is C14H11NO5. The Labute approximate surface area is 114 Å². The van der Waals surface area contributed by atoms with Gasteiger partial charge in [-0.05, 0) is 30.3 Å². The largest absolute Gasteiger partial charge is 0.478 e. The van der Waals surface area contributed by atoms with Gasteiger partial charge in [0.05, 0.1) is 11.3 Å². The van der Waals surface area contributed by atoms with Gasteiger partial charge in [-0.15, -0.1) is 0 Å². The Kier molecular flexibility index (Phi) is 3.56. The van der Waals surface area contributed by atoms with Gasteiger partial charge in [-0.1, -0.05) is 12.1 Å². The van der Waals surface area contributed by atoms with Crippen molar-refractivity contribution in [2.75, 3.05) is 5.73 Å². The Bertz CT molecular complexity index is 681. The van der Waals surface area contributed by atoms with Crippen LogP contribution in [0.1, 0.15) is 20.7 Å². The predicted molar refractivity (Wildman–Crippen MR) is 71.3 cm³/mol. The third kappa shape index (κ3) is 2.69. The lowest BCUT2D eigenvalue weighted by Gasteiger charge is -2.11. The highest BCUT2D eigenvalue weighted by atomic mass is 16.5. The normalized spacial score (nSPS) is 10.0. The van der Waals surface area contributed by atoms with E-state index in [1.54, 1.807) is 24.3 Å². The highest BCUT2D eigenvalue weighted by Crippen LogP contribution is 2.30. The van der Waals surface area contributed by atoms with Crippen LogP contribution in [-0.2, 0) is 0 Å². The molecule has 20 heavy (non-hydrogen) atoms. The maximum absolute atomic E-state index is 11.2. The van der Waals surface area contributed by atoms with E-state index in [-0.39, 0.29) is 16.9 Å². The van der Waals surface area contributed by atoms with Crippen molar-refractivity contribution in [2.24, 2.45) is 0 Å². The standard InChI is InChI=1S/C14H11NO5/c15-10-3-1-2-4-12(10)20-11-6-5-8(13(16)17)7-9(11)14(18)19/h1-7H,15H2,(H,16,17)(H,18,19). The smallest absolute Gasteiger partial charge is 0.339 e. The second-order valence-electron chi connectivity index (χ2n) is 3.96. The first kappa shape index (κ1) is 13.4. The van der Waals surface area contributed by atoms with Crippen molar-refractivity contribution < 1.29 is 24.5 Å². The number of hydrogen-bond donors (Lipinski definition) is 3. The zero-order valence-electron chi connectivity index (χ0n) is 10.2. The quantitative estimate of drug-likeness (QED) is 0.738. The molecule has 0 atom stereocenters. The van der Waals surface area contributed by atoms with Gasteiger partial charge in [-0.2, -0.15) is 0 Å². The molecule has 0 amide bonds. The number of carboxylic acids is 2. The van der Waals surface area contributed by atoms with Gasteiger partial charge < -0.3 is 20.7 Å². The number of para-hydroxylation sites is 2. The molecule has 0 bridgehead atoms. The number of hydrogen-bond acceptors (Lipinski definition) is 4. The minimum absolute atomic E-state index is 0.0281. The van der Waals surface area contributed by atoms with Crippen LogP contribution in [0.25, 0.3) is 0 Å². The number of rotatable bonds is 4. The number of benzene rings is 2. The van der Waals surface area contributed by atoms with E-state index in [9.17, 15) is 9.59 Å². The zero-order chi connectivity index (χ0) is 14.7. The Hall–Kier alpha value is -3.02. The molecule has 0 saturated carbocycles. The van der Waals surface area contributed by atoms with Crippen LogP contribution in [0.5, 0.6) is 11.5 Å². The van der Waals surface area contributed by atoms with Gasteiger partial charge >= 0.3 is 11.9 Å². The van der Waals surface area contributed by atoms with Gasteiger partial charge in [-0.3, -0.25) is 0 Å². The number of carboxylic acid groups (broad SMARTS) is 2. The predicted octanol–water partition coefficient (Wildman–Crippen LogP) is 2.46. The summed E-state index contributed by atoms with van der Waals surface area (Å²) >= 11 is 0. The van der Waals surface area contributed by atoms with Crippen molar-refractivity contribution >= 4 is 17.6 Å². The summed E-state index contributed by atoms with van der Waals surface area (Å²) in [6.07, 6.45) is 0. The Morgan fingerprint density at radius 1 is 0.950 bits per heavy atom. The molecule has 6 heteroatoms. The van der Waals surface area contributed by atoms with Crippen molar-refractivity contribution in [3.05, 3.63) is 53.6 Å². The Balaban J connectivity index is 2.44. The summed E-state index contributed by atoms with van der Waals surface area (Å²) in [7, 11) is 0. The molecule has 102 valence electrons. The first-order valence-corrected chi connectivity index (χ1v) is 5.62. The van der Waals surface area contributed by atoms with Crippen molar-refractivity contribution in [2.45, 2.75) is 0 Å². The van der Waals surface area contributed by atoms with E-state index >= 15 is 0 Å². The molecule has 0 aromatic heterocycles. The average molecular weight is 273 g/mol. The highest BCUT2D eigenvalue weighted by molar-refractivity contribution is 5.96. The van der Waals surface area contributed by atoms with Crippen LogP contribution in [0.4, 0.5) is 5.69 Å². The molecule has 0 aliphatic rings. The van der Waals surface area contributed by atoms with E-state index in [2.05, 4.69) is 0 Å². The number of aromatic carboxylic acids is 2. The van der Waals surface area contributed by atoms with E-state index in [1.165, 1.54) is 12.1 Å². The summed E-state index contributed by atoms with van der Waals surface area (Å²) in [4.78, 5) is 22.0. The highest BCUT2D eigenvalue weighted by Gasteiger charge is 2.16. The second kappa shape index (κ2) is 5.31. The number of nitrogens with two attached hydrogens (primary N) is 1. The fourth-order valence-electron chi connectivity index (χ4n) is 1.61. The Morgan fingerprint density at radius 2 is 1.65 bits per heavy atom. The van der Waals surface area contributed by atoms with Gasteiger partial charge in [0.2, 0.25) is 0 Å². The van der Waals surface area contributed by atoms with Crippen molar-refractivity contribution in [3.8, 4) is 11.5 Å². The molecule has 6 nitrogen and oxygen atoms in total. The third-order valence-corrected chi connectivity index (χ3v) is 2.60. The summed E-state index contributed by atoms with van der Waals surface area (Å²) in [5, 5.41) is 18.0. The maximum atomic E-state index is 11.2. The van der Waals surface area contributed by atoms with Gasteiger partial charge in [0.1, 0.15) is 17.1 Å². The first-order valence-electron chi connectivity index (χ1n) is 5.62. The summed E-state index contributed by atoms with van der Waals surface area (Å²) in [6.45, 7) is 0. The minimum Gasteiger partial charge on any atom is -0.478 e. The van der Waals surface area contributed by atoms with Gasteiger partial charge in [0, 0.05) is 0 Å². The Morgan fingerprint density at radius 3 is 2.25 bits per heavy atom. The topological polar surface area (TPSA) is 110 Å². The van der Waals surface area contributed by atoms with Gasteiger partial charge in [0.15, 0.2) is 0 Å². The zero-order valence-corrected chi connectivity index (χ0v) is 10.2. The fraction of sp³-hybridized carbons (Fsp3) is 0. The van der Waals surface area contributed by atoms with E-state index in [0.717, 1.165) is 6.07 Å². The SMILES string of the molecule is Nc1ccccc1Oc1ccc(C(=O)O)cc1C(=O)O. The summed E-state index contributed by atoms with van der Waals surface area (Å²) < 4.78 is 5.44. The monoisotopic (exact) mass is 273 g/mol. The van der Waals surface area contributed by atoms with Crippen LogP contribution >= 0.6 is 0 Å². The van der Waals surface area contributed by atoms with Gasteiger partial charge in [-0.25, -0.2) is 9.59 Å². The van der Waals surface area contributed by atoms with E-state index in [4.69, 9.17) is 20.7 Å². The maximum Gasteiger partial charge on any atom is 0.339 e. The van der Waals surface area contributed by atoms with Crippen LogP contribution in [0.3, 0.4) is 0 Å². The molecule has 0 fully saturated rings. The number of carbonyl (C=O) groups is 2. The summed E-state index contributed by atoms with van der Waals surface area (Å²) in [6, 6.07) is 10.2. The lowest BCUT2D eigenvalue weighted by Crippen LogP contribution is -2.04. The lowest BCUT2D eigenvalue weighted by molar-refractivity contribution is 0.0694. The third-order valence-electron chi connectivity index (χ3n) is 2.60. The molecule has 0 spiro atoms. The number of anilines is 1. The van der Waals surface area contributed by atoms with E-state index in [0.29, 0.717) is 11.4 Å². The molecule has 2 aromatic rings. The van der Waals surface area contributed by atoms with Gasteiger partial charge in [0.25, 0.3) is 0 Å². The van der Waals surface area contributed by atoms with Crippen molar-refractivity contribution in [1.29, 1.82) is 0 Å². The summed E-state index contributed by atoms with van der Waals surface area (Å²) in [5.41, 5.74) is 5.69. The van der Waals surface area contributed by atoms with E-state index in [1.807, 2.05) is 0 Å². The lowest BCUT2D eigenvalue weighted by atomic mass is 10.1. The van der Waals surface area contributed by atoms with Crippen molar-refractivity contribution in [3.63, 3.8) is 0 Å². The minimum atomic E-state index is -1.28.